The normalized spacial score (nSPS) is 15.3. The molecule has 0 amide bonds. The topological polar surface area (TPSA) is 69.9 Å². The second kappa shape index (κ2) is 8.15. The van der Waals surface area contributed by atoms with E-state index in [4.69, 9.17) is 9.57 Å². The number of carbonyl (C=O) groups excluding carboxylic acids is 1. The van der Waals surface area contributed by atoms with Crippen LogP contribution in [0.1, 0.15) is 34.0 Å². The van der Waals surface area contributed by atoms with E-state index >= 15 is 0 Å². The molecule has 0 N–H and O–H groups in total. The summed E-state index contributed by atoms with van der Waals surface area (Å²) in [5, 5.41) is 4.88. The lowest BCUT2D eigenvalue weighted by atomic mass is 9.99. The molecule has 0 aliphatic carbocycles. The number of para-hydroxylation sites is 1. The molecule has 1 atom stereocenters. The Morgan fingerprint density at radius 2 is 1.62 bits per heavy atom. The van der Waals surface area contributed by atoms with E-state index in [2.05, 4.69) is 5.16 Å². The molecule has 0 saturated carbocycles. The van der Waals surface area contributed by atoms with Crippen LogP contribution in [-0.2, 0) is 11.9 Å². The number of fused-ring (bicyclic) bond motifs is 1. The molecule has 0 fully saturated rings. The maximum atomic E-state index is 13.4. The largest absolute Gasteiger partial charge is 0.421 e. The fraction of sp³-hybridized carbons (Fsp3) is 0.115. The summed E-state index contributed by atoms with van der Waals surface area (Å²) in [5.41, 5.74) is 2.43. The van der Waals surface area contributed by atoms with Gasteiger partial charge in [-0.25, -0.2) is 4.79 Å². The van der Waals surface area contributed by atoms with Crippen LogP contribution in [-0.4, -0.2) is 16.2 Å². The average Bonchev–Trinajstić information content (AvgIpc) is 3.33. The van der Waals surface area contributed by atoms with Gasteiger partial charge in [-0.05, 0) is 29.8 Å². The SMILES string of the molecule is Cn1c(=O)c(C2=NO[C@H](c3ccccc3)C2)c(OC(=O)c2ccccc2)c2ccccc21. The Balaban J connectivity index is 1.62. The van der Waals surface area contributed by atoms with Gasteiger partial charge in [-0.3, -0.25) is 4.79 Å². The fourth-order valence-electron chi connectivity index (χ4n) is 3.92. The maximum absolute atomic E-state index is 13.4. The number of benzene rings is 3. The van der Waals surface area contributed by atoms with Crippen LogP contribution in [0, 0.1) is 0 Å². The number of esters is 1. The van der Waals surface area contributed by atoms with Crippen LogP contribution >= 0.6 is 0 Å². The molecule has 4 aromatic rings. The second-order valence-corrected chi connectivity index (χ2v) is 7.59. The molecule has 6 nitrogen and oxygen atoms in total. The number of aromatic nitrogens is 1. The quantitative estimate of drug-likeness (QED) is 0.448. The summed E-state index contributed by atoms with van der Waals surface area (Å²) >= 11 is 0. The van der Waals surface area contributed by atoms with Gasteiger partial charge in [-0.1, -0.05) is 65.8 Å². The van der Waals surface area contributed by atoms with Gasteiger partial charge in [-0.2, -0.15) is 0 Å². The first-order valence-electron chi connectivity index (χ1n) is 10.3. The van der Waals surface area contributed by atoms with E-state index in [1.807, 2.05) is 60.7 Å². The van der Waals surface area contributed by atoms with E-state index in [1.165, 1.54) is 0 Å². The second-order valence-electron chi connectivity index (χ2n) is 7.59. The van der Waals surface area contributed by atoms with Gasteiger partial charge in [0.05, 0.1) is 11.1 Å². The van der Waals surface area contributed by atoms with Crippen LogP contribution in [0.25, 0.3) is 10.9 Å². The molecule has 1 aliphatic rings. The number of aryl methyl sites for hydroxylation is 1. The van der Waals surface area contributed by atoms with E-state index in [1.54, 1.807) is 35.9 Å². The minimum atomic E-state index is -0.538. The van der Waals surface area contributed by atoms with E-state index in [-0.39, 0.29) is 23.0 Å². The third-order valence-corrected chi connectivity index (χ3v) is 5.59. The highest BCUT2D eigenvalue weighted by atomic mass is 16.6. The molecule has 6 heteroatoms. The smallest absolute Gasteiger partial charge is 0.343 e. The Kier molecular flexibility index (Phi) is 5.03. The summed E-state index contributed by atoms with van der Waals surface area (Å²) in [5.74, 6) is -0.335. The van der Waals surface area contributed by atoms with Crippen LogP contribution in [0.3, 0.4) is 0 Å². The highest BCUT2D eigenvalue weighted by molar-refractivity contribution is 6.08. The molecule has 2 heterocycles. The summed E-state index contributed by atoms with van der Waals surface area (Å²) in [6.07, 6.45) is 0.0908. The molecule has 1 aromatic heterocycles. The highest BCUT2D eigenvalue weighted by Crippen LogP contribution is 2.34. The lowest BCUT2D eigenvalue weighted by molar-refractivity contribution is 0.0736. The van der Waals surface area contributed by atoms with Crippen LogP contribution in [0.5, 0.6) is 5.75 Å². The standard InChI is InChI=1S/C26H20N2O4/c1-28-21-15-9-8-14-19(21)24(31-26(30)18-12-6-3-7-13-18)23(25(28)29)20-16-22(32-27-20)17-10-4-2-5-11-17/h2-15,22H,16H2,1H3/t22-/m0/s1. The zero-order valence-corrected chi connectivity index (χ0v) is 17.4. The first kappa shape index (κ1) is 19.8. The number of hydrogen-bond donors (Lipinski definition) is 0. The number of carbonyl (C=O) groups is 1. The first-order chi connectivity index (χ1) is 15.6. The van der Waals surface area contributed by atoms with Crippen molar-refractivity contribution in [2.75, 3.05) is 0 Å². The monoisotopic (exact) mass is 424 g/mol. The molecule has 158 valence electrons. The van der Waals surface area contributed by atoms with Crippen LogP contribution in [0.2, 0.25) is 0 Å². The van der Waals surface area contributed by atoms with Gasteiger partial charge in [0.2, 0.25) is 0 Å². The van der Waals surface area contributed by atoms with Gasteiger partial charge in [0.25, 0.3) is 5.56 Å². The zero-order valence-electron chi connectivity index (χ0n) is 17.4. The molecule has 0 saturated heterocycles. The van der Waals surface area contributed by atoms with Crippen molar-refractivity contribution >= 4 is 22.6 Å². The number of rotatable bonds is 4. The average molecular weight is 424 g/mol. The summed E-state index contributed by atoms with van der Waals surface area (Å²) in [6.45, 7) is 0. The van der Waals surface area contributed by atoms with E-state index in [0.29, 0.717) is 28.6 Å². The number of ether oxygens (including phenoxy) is 1. The van der Waals surface area contributed by atoms with Crippen molar-refractivity contribution in [1.82, 2.24) is 4.57 Å². The van der Waals surface area contributed by atoms with Gasteiger partial charge < -0.3 is 14.1 Å². The van der Waals surface area contributed by atoms with E-state index in [0.717, 1.165) is 5.56 Å². The van der Waals surface area contributed by atoms with Crippen LogP contribution in [0.15, 0.2) is 94.9 Å². The predicted molar refractivity (Wildman–Crippen MR) is 122 cm³/mol. The van der Waals surface area contributed by atoms with Crippen molar-refractivity contribution in [3.63, 3.8) is 0 Å². The Labute approximate surface area is 184 Å². The van der Waals surface area contributed by atoms with Crippen LogP contribution < -0.4 is 10.3 Å². The number of hydrogen-bond acceptors (Lipinski definition) is 5. The van der Waals surface area contributed by atoms with Gasteiger partial charge in [0.15, 0.2) is 11.9 Å². The first-order valence-corrected chi connectivity index (χ1v) is 10.3. The predicted octanol–water partition coefficient (Wildman–Crippen LogP) is 4.62. The molecule has 32 heavy (non-hydrogen) atoms. The van der Waals surface area contributed by atoms with Crippen molar-refractivity contribution in [3.8, 4) is 5.75 Å². The van der Waals surface area contributed by atoms with Crippen LogP contribution in [0.4, 0.5) is 0 Å². The van der Waals surface area contributed by atoms with E-state index < -0.39 is 5.97 Å². The summed E-state index contributed by atoms with van der Waals surface area (Å²) < 4.78 is 7.39. The molecule has 5 rings (SSSR count). The lowest BCUT2D eigenvalue weighted by Gasteiger charge is -2.15. The van der Waals surface area contributed by atoms with Gasteiger partial charge >= 0.3 is 5.97 Å². The number of oxime groups is 1. The van der Waals surface area contributed by atoms with Crippen molar-refractivity contribution in [1.29, 1.82) is 0 Å². The van der Waals surface area contributed by atoms with Crippen molar-refractivity contribution < 1.29 is 14.4 Å². The summed E-state index contributed by atoms with van der Waals surface area (Å²) in [6, 6.07) is 25.7. The van der Waals surface area contributed by atoms with Gasteiger partial charge in [0.1, 0.15) is 11.3 Å². The third-order valence-electron chi connectivity index (χ3n) is 5.59. The lowest BCUT2D eigenvalue weighted by Crippen LogP contribution is -2.27. The molecule has 1 aliphatic heterocycles. The third kappa shape index (κ3) is 3.46. The molecule has 0 spiro atoms. The molecular weight excluding hydrogens is 404 g/mol. The van der Waals surface area contributed by atoms with Crippen molar-refractivity contribution in [2.45, 2.75) is 12.5 Å². The van der Waals surface area contributed by atoms with Crippen molar-refractivity contribution in [3.05, 3.63) is 112 Å². The summed E-state index contributed by atoms with van der Waals surface area (Å²) in [4.78, 5) is 31.9. The zero-order chi connectivity index (χ0) is 22.1. The Morgan fingerprint density at radius 1 is 0.969 bits per heavy atom. The Bertz CT molecular complexity index is 1390. The van der Waals surface area contributed by atoms with Crippen molar-refractivity contribution in [2.24, 2.45) is 12.2 Å². The number of nitrogens with zero attached hydrogens (tertiary/aromatic N) is 2. The molecule has 3 aromatic carbocycles. The highest BCUT2D eigenvalue weighted by Gasteiger charge is 2.30. The molecule has 0 bridgehead atoms. The Morgan fingerprint density at radius 3 is 2.38 bits per heavy atom. The molecule has 0 radical (unpaired) electrons. The van der Waals surface area contributed by atoms with Gasteiger partial charge in [-0.15, -0.1) is 0 Å². The van der Waals surface area contributed by atoms with E-state index in [9.17, 15) is 9.59 Å². The molecule has 0 unspecified atom stereocenters. The fourth-order valence-corrected chi connectivity index (χ4v) is 3.92. The molecular formula is C26H20N2O4. The minimum Gasteiger partial charge on any atom is -0.421 e. The Hall–Kier alpha value is -4.19. The number of pyridine rings is 1. The van der Waals surface area contributed by atoms with Gasteiger partial charge in [0, 0.05) is 18.9 Å². The summed E-state index contributed by atoms with van der Waals surface area (Å²) in [7, 11) is 1.70. The minimum absolute atomic E-state index is 0.202. The maximum Gasteiger partial charge on any atom is 0.343 e.